The number of hydrogen-bond acceptors (Lipinski definition) is 3. The van der Waals surface area contributed by atoms with E-state index in [1.165, 1.54) is 31.5 Å². The summed E-state index contributed by atoms with van der Waals surface area (Å²) in [4.78, 5) is 20.4. The SMILES string of the molecule is O=C(c1cncc(F)c1)N1CCC(N2CCCCC2)C1. The fraction of sp³-hybridized carbons (Fsp3) is 0.600. The third-order valence-corrected chi connectivity index (χ3v) is 4.31. The van der Waals surface area contributed by atoms with Crippen LogP contribution in [0, 0.1) is 5.82 Å². The Morgan fingerprint density at radius 3 is 2.75 bits per heavy atom. The van der Waals surface area contributed by atoms with Crippen molar-refractivity contribution in [3.63, 3.8) is 0 Å². The molecule has 0 radical (unpaired) electrons. The second kappa shape index (κ2) is 5.87. The highest BCUT2D eigenvalue weighted by atomic mass is 19.1. The minimum atomic E-state index is -0.456. The van der Waals surface area contributed by atoms with Crippen molar-refractivity contribution in [3.8, 4) is 0 Å². The minimum absolute atomic E-state index is 0.100. The van der Waals surface area contributed by atoms with Gasteiger partial charge in [0.1, 0.15) is 5.82 Å². The van der Waals surface area contributed by atoms with Crippen LogP contribution in [0.1, 0.15) is 36.0 Å². The van der Waals surface area contributed by atoms with Gasteiger partial charge in [-0.15, -0.1) is 0 Å². The van der Waals surface area contributed by atoms with Gasteiger partial charge in [0.25, 0.3) is 5.91 Å². The van der Waals surface area contributed by atoms with Gasteiger partial charge in [0.15, 0.2) is 0 Å². The number of amides is 1. The number of aromatic nitrogens is 1. The Bertz CT molecular complexity index is 488. The summed E-state index contributed by atoms with van der Waals surface area (Å²) in [5.74, 6) is -0.556. The number of piperidine rings is 1. The zero-order valence-electron chi connectivity index (χ0n) is 11.6. The van der Waals surface area contributed by atoms with Gasteiger partial charge in [-0.2, -0.15) is 0 Å². The molecule has 1 atom stereocenters. The molecule has 1 unspecified atom stereocenters. The average molecular weight is 277 g/mol. The molecule has 1 aromatic heterocycles. The van der Waals surface area contributed by atoms with Crippen LogP contribution in [0.5, 0.6) is 0 Å². The molecule has 20 heavy (non-hydrogen) atoms. The predicted octanol–water partition coefficient (Wildman–Crippen LogP) is 1.92. The molecule has 1 amide bonds. The van der Waals surface area contributed by atoms with Gasteiger partial charge in [0.05, 0.1) is 11.8 Å². The Morgan fingerprint density at radius 2 is 2.00 bits per heavy atom. The lowest BCUT2D eigenvalue weighted by Crippen LogP contribution is -2.41. The largest absolute Gasteiger partial charge is 0.337 e. The number of halogens is 1. The van der Waals surface area contributed by atoms with Crippen molar-refractivity contribution in [2.45, 2.75) is 31.7 Å². The lowest BCUT2D eigenvalue weighted by molar-refractivity contribution is 0.0770. The van der Waals surface area contributed by atoms with Gasteiger partial charge in [-0.1, -0.05) is 6.42 Å². The molecule has 108 valence electrons. The standard InChI is InChI=1S/C15H20FN3O/c16-13-8-12(9-17-10-13)15(20)19-7-4-14(11-19)18-5-2-1-3-6-18/h8-10,14H,1-7,11H2. The molecule has 2 aliphatic rings. The third kappa shape index (κ3) is 2.82. The van der Waals surface area contributed by atoms with Crippen molar-refractivity contribution in [2.24, 2.45) is 0 Å². The van der Waals surface area contributed by atoms with Crippen LogP contribution in [0.2, 0.25) is 0 Å². The zero-order chi connectivity index (χ0) is 13.9. The molecule has 4 nitrogen and oxygen atoms in total. The fourth-order valence-electron chi connectivity index (χ4n) is 3.22. The monoisotopic (exact) mass is 277 g/mol. The number of hydrogen-bond donors (Lipinski definition) is 0. The molecular formula is C15H20FN3O. The summed E-state index contributed by atoms with van der Waals surface area (Å²) < 4.78 is 13.1. The first-order valence-electron chi connectivity index (χ1n) is 7.38. The smallest absolute Gasteiger partial charge is 0.255 e. The van der Waals surface area contributed by atoms with Gasteiger partial charge in [-0.05, 0) is 38.4 Å². The normalized spacial score (nSPS) is 24.1. The van der Waals surface area contributed by atoms with E-state index in [1.807, 2.05) is 4.90 Å². The maximum absolute atomic E-state index is 13.1. The van der Waals surface area contributed by atoms with Crippen LogP contribution in [0.4, 0.5) is 4.39 Å². The molecule has 0 aliphatic carbocycles. The van der Waals surface area contributed by atoms with Gasteiger partial charge in [-0.25, -0.2) is 4.39 Å². The van der Waals surface area contributed by atoms with Crippen molar-refractivity contribution in [3.05, 3.63) is 29.8 Å². The van der Waals surface area contributed by atoms with E-state index < -0.39 is 5.82 Å². The van der Waals surface area contributed by atoms with E-state index in [-0.39, 0.29) is 5.91 Å². The van der Waals surface area contributed by atoms with Gasteiger partial charge in [0.2, 0.25) is 0 Å². The third-order valence-electron chi connectivity index (χ3n) is 4.31. The zero-order valence-corrected chi connectivity index (χ0v) is 11.6. The van der Waals surface area contributed by atoms with E-state index in [1.54, 1.807) is 0 Å². The molecule has 0 aromatic carbocycles. The molecule has 3 rings (SSSR count). The van der Waals surface area contributed by atoms with E-state index in [9.17, 15) is 9.18 Å². The average Bonchev–Trinajstić information content (AvgIpc) is 2.97. The molecule has 0 saturated carbocycles. The van der Waals surface area contributed by atoms with E-state index in [4.69, 9.17) is 0 Å². The molecule has 0 N–H and O–H groups in total. The van der Waals surface area contributed by atoms with E-state index >= 15 is 0 Å². The van der Waals surface area contributed by atoms with Crippen molar-refractivity contribution in [1.29, 1.82) is 0 Å². The number of rotatable bonds is 2. The number of carbonyl (C=O) groups excluding carboxylic acids is 1. The summed E-state index contributed by atoms with van der Waals surface area (Å²) in [5.41, 5.74) is 0.351. The molecule has 5 heteroatoms. The van der Waals surface area contributed by atoms with Crippen LogP contribution in [-0.2, 0) is 0 Å². The lowest BCUT2D eigenvalue weighted by atomic mass is 10.1. The van der Waals surface area contributed by atoms with Crippen molar-refractivity contribution in [1.82, 2.24) is 14.8 Å². The number of nitrogens with zero attached hydrogens (tertiary/aromatic N) is 3. The van der Waals surface area contributed by atoms with E-state index in [0.29, 0.717) is 11.6 Å². The quantitative estimate of drug-likeness (QED) is 0.828. The molecule has 3 heterocycles. The first-order chi connectivity index (χ1) is 9.74. The van der Waals surface area contributed by atoms with Crippen LogP contribution in [-0.4, -0.2) is 52.9 Å². The summed E-state index contributed by atoms with van der Waals surface area (Å²) in [6.07, 6.45) is 7.43. The Labute approximate surface area is 118 Å². The first kappa shape index (κ1) is 13.5. The minimum Gasteiger partial charge on any atom is -0.337 e. The second-order valence-electron chi connectivity index (χ2n) is 5.68. The molecular weight excluding hydrogens is 257 g/mol. The maximum atomic E-state index is 13.1. The molecule has 2 saturated heterocycles. The predicted molar refractivity (Wildman–Crippen MR) is 73.9 cm³/mol. The second-order valence-corrected chi connectivity index (χ2v) is 5.68. The van der Waals surface area contributed by atoms with Gasteiger partial charge < -0.3 is 4.90 Å². The molecule has 2 fully saturated rings. The first-order valence-corrected chi connectivity index (χ1v) is 7.38. The van der Waals surface area contributed by atoms with Crippen LogP contribution >= 0.6 is 0 Å². The van der Waals surface area contributed by atoms with Crippen LogP contribution in [0.3, 0.4) is 0 Å². The van der Waals surface area contributed by atoms with Gasteiger partial charge in [-0.3, -0.25) is 14.7 Å². The topological polar surface area (TPSA) is 36.4 Å². The van der Waals surface area contributed by atoms with E-state index in [2.05, 4.69) is 9.88 Å². The number of likely N-dealkylation sites (tertiary alicyclic amines) is 2. The Kier molecular flexibility index (Phi) is 3.96. The van der Waals surface area contributed by atoms with Crippen LogP contribution < -0.4 is 0 Å². The Hall–Kier alpha value is -1.49. The molecule has 1 aromatic rings. The Morgan fingerprint density at radius 1 is 1.20 bits per heavy atom. The van der Waals surface area contributed by atoms with E-state index in [0.717, 1.165) is 38.8 Å². The van der Waals surface area contributed by atoms with Gasteiger partial charge >= 0.3 is 0 Å². The fourth-order valence-corrected chi connectivity index (χ4v) is 3.22. The highest BCUT2D eigenvalue weighted by Gasteiger charge is 2.31. The van der Waals surface area contributed by atoms with Crippen molar-refractivity contribution >= 4 is 5.91 Å². The summed E-state index contributed by atoms with van der Waals surface area (Å²) in [7, 11) is 0. The van der Waals surface area contributed by atoms with Gasteiger partial charge in [0, 0.05) is 25.3 Å². The Balaban J connectivity index is 1.63. The summed E-state index contributed by atoms with van der Waals surface area (Å²) >= 11 is 0. The van der Waals surface area contributed by atoms with Crippen LogP contribution in [0.15, 0.2) is 18.5 Å². The summed E-state index contributed by atoms with van der Waals surface area (Å²) in [6.45, 7) is 3.81. The van der Waals surface area contributed by atoms with Crippen molar-refractivity contribution in [2.75, 3.05) is 26.2 Å². The lowest BCUT2D eigenvalue weighted by Gasteiger charge is -2.32. The van der Waals surface area contributed by atoms with Crippen molar-refractivity contribution < 1.29 is 9.18 Å². The molecule has 0 bridgehead atoms. The number of carbonyl (C=O) groups is 1. The molecule has 2 aliphatic heterocycles. The maximum Gasteiger partial charge on any atom is 0.255 e. The van der Waals surface area contributed by atoms with Crippen LogP contribution in [0.25, 0.3) is 0 Å². The summed E-state index contributed by atoms with van der Waals surface area (Å²) in [6, 6.07) is 1.74. The number of pyridine rings is 1. The molecule has 0 spiro atoms. The highest BCUT2D eigenvalue weighted by molar-refractivity contribution is 5.94. The highest BCUT2D eigenvalue weighted by Crippen LogP contribution is 2.21. The summed E-state index contributed by atoms with van der Waals surface area (Å²) in [5, 5.41) is 0.